The molecule has 0 atom stereocenters. The molecule has 0 bridgehead atoms. The van der Waals surface area contributed by atoms with Crippen LogP contribution in [0.15, 0.2) is 83.0 Å². The van der Waals surface area contributed by atoms with Gasteiger partial charge in [0.25, 0.3) is 0 Å². The molecule has 0 aromatic heterocycles. The summed E-state index contributed by atoms with van der Waals surface area (Å²) in [5.74, 6) is -0.139. The van der Waals surface area contributed by atoms with Crippen LogP contribution in [0.1, 0.15) is 62.5 Å². The molecule has 0 heterocycles. The molecule has 6 heteroatoms. The molecule has 0 saturated heterocycles. The minimum absolute atomic E-state index is 0.0693. The summed E-state index contributed by atoms with van der Waals surface area (Å²) in [5, 5.41) is 7.85. The Morgan fingerprint density at radius 2 is 0.971 bits per heavy atom. The van der Waals surface area contributed by atoms with Crippen LogP contribution in [-0.4, -0.2) is 24.2 Å². The molecule has 0 saturated carbocycles. The smallest absolute Gasteiger partial charge is 0.240 e. The number of allylic oxidation sites excluding steroid dienone is 2. The van der Waals surface area contributed by atoms with Crippen LogP contribution in [0.25, 0.3) is 12.2 Å². The number of amides is 2. The van der Waals surface area contributed by atoms with Crippen molar-refractivity contribution in [2.75, 3.05) is 0 Å². The second-order valence-electron chi connectivity index (χ2n) is 7.79. The van der Waals surface area contributed by atoms with E-state index in [1.165, 1.54) is 0 Å². The van der Waals surface area contributed by atoms with Crippen molar-refractivity contribution in [3.8, 4) is 0 Å². The highest BCUT2D eigenvalue weighted by Crippen LogP contribution is 2.08. The number of unbranched alkanes of at least 4 members (excludes halogenated alkanes) is 5. The predicted octanol–water partition coefficient (Wildman–Crippen LogP) is 5.74. The lowest BCUT2D eigenvalue weighted by atomic mass is 10.1. The zero-order valence-corrected chi connectivity index (χ0v) is 19.6. The Kier molecular flexibility index (Phi) is 13.8. The SMILES string of the molecule is O=C(CCCCCCCCC(=O)N/N=C\C=C\c1ccccc1)N/N=C\C=C/c1ccccc1. The van der Waals surface area contributed by atoms with Crippen molar-refractivity contribution < 1.29 is 9.59 Å². The summed E-state index contributed by atoms with van der Waals surface area (Å²) in [7, 11) is 0. The lowest BCUT2D eigenvalue weighted by Gasteiger charge is -2.02. The van der Waals surface area contributed by atoms with Gasteiger partial charge < -0.3 is 0 Å². The van der Waals surface area contributed by atoms with Gasteiger partial charge in [-0.2, -0.15) is 10.2 Å². The molecule has 2 amide bonds. The molecular weight excluding hydrogens is 424 g/mol. The Morgan fingerprint density at radius 1 is 0.588 bits per heavy atom. The minimum Gasteiger partial charge on any atom is -0.273 e. The highest BCUT2D eigenvalue weighted by atomic mass is 16.2. The van der Waals surface area contributed by atoms with Crippen LogP contribution in [0.5, 0.6) is 0 Å². The lowest BCUT2D eigenvalue weighted by molar-refractivity contribution is -0.122. The first-order valence-electron chi connectivity index (χ1n) is 11.8. The summed E-state index contributed by atoms with van der Waals surface area (Å²) in [4.78, 5) is 23.6. The molecule has 6 nitrogen and oxygen atoms in total. The number of rotatable bonds is 15. The van der Waals surface area contributed by atoms with E-state index in [-0.39, 0.29) is 11.8 Å². The number of hydrogen-bond donors (Lipinski definition) is 2. The largest absolute Gasteiger partial charge is 0.273 e. The van der Waals surface area contributed by atoms with Crippen LogP contribution in [0.2, 0.25) is 0 Å². The van der Waals surface area contributed by atoms with Crippen molar-refractivity contribution >= 4 is 36.4 Å². The maximum absolute atomic E-state index is 11.8. The highest BCUT2D eigenvalue weighted by Gasteiger charge is 2.01. The van der Waals surface area contributed by atoms with Crippen molar-refractivity contribution in [2.24, 2.45) is 10.2 Å². The predicted molar refractivity (Wildman–Crippen MR) is 141 cm³/mol. The second-order valence-corrected chi connectivity index (χ2v) is 7.79. The molecule has 0 aliphatic carbocycles. The van der Waals surface area contributed by atoms with Crippen LogP contribution in [0.4, 0.5) is 0 Å². The first-order valence-corrected chi connectivity index (χ1v) is 11.8. The van der Waals surface area contributed by atoms with Crippen molar-refractivity contribution in [3.05, 3.63) is 83.9 Å². The van der Waals surface area contributed by atoms with Gasteiger partial charge >= 0.3 is 0 Å². The maximum atomic E-state index is 11.8. The molecule has 2 N–H and O–H groups in total. The van der Waals surface area contributed by atoms with E-state index in [0.29, 0.717) is 12.8 Å². The number of hydrogen-bond acceptors (Lipinski definition) is 4. The van der Waals surface area contributed by atoms with Crippen molar-refractivity contribution in [3.63, 3.8) is 0 Å². The molecule has 178 valence electrons. The Morgan fingerprint density at radius 3 is 1.38 bits per heavy atom. The number of benzene rings is 2. The lowest BCUT2D eigenvalue weighted by Crippen LogP contribution is -2.16. The molecule has 0 radical (unpaired) electrons. The quantitative estimate of drug-likeness (QED) is 0.203. The summed E-state index contributed by atoms with van der Waals surface area (Å²) in [6.45, 7) is 0. The molecule has 2 aromatic rings. The van der Waals surface area contributed by atoms with Crippen molar-refractivity contribution in [2.45, 2.75) is 51.4 Å². The van der Waals surface area contributed by atoms with E-state index < -0.39 is 0 Å². The van der Waals surface area contributed by atoms with Crippen LogP contribution in [0.3, 0.4) is 0 Å². The third-order valence-electron chi connectivity index (χ3n) is 4.93. The summed E-state index contributed by atoms with van der Waals surface area (Å²) in [5.41, 5.74) is 7.26. The fourth-order valence-electron chi connectivity index (χ4n) is 3.13. The zero-order valence-electron chi connectivity index (χ0n) is 19.6. The van der Waals surface area contributed by atoms with Gasteiger partial charge in [-0.25, -0.2) is 10.9 Å². The van der Waals surface area contributed by atoms with Gasteiger partial charge in [-0.05, 0) is 36.1 Å². The Bertz CT molecular complexity index is 871. The fourth-order valence-corrected chi connectivity index (χ4v) is 3.13. The standard InChI is InChI=1S/C28H34N4O2/c33-27(31-29-23-13-19-25-15-7-5-8-16-25)21-11-3-1-2-4-12-22-28(34)32-30-24-14-20-26-17-9-6-10-18-26/h5-10,13-20,23-24H,1-4,11-12,21-22H2,(H,31,33)(H,32,34)/b19-13-,20-14+,29-23-,30-24-. The van der Waals surface area contributed by atoms with E-state index in [4.69, 9.17) is 0 Å². The second kappa shape index (κ2) is 17.7. The van der Waals surface area contributed by atoms with Crippen molar-refractivity contribution in [1.82, 2.24) is 10.9 Å². The van der Waals surface area contributed by atoms with Gasteiger partial charge in [-0.1, -0.05) is 98.5 Å². The van der Waals surface area contributed by atoms with E-state index in [9.17, 15) is 9.59 Å². The summed E-state index contributed by atoms with van der Waals surface area (Å²) in [6.07, 6.45) is 17.3. The van der Waals surface area contributed by atoms with Gasteiger partial charge in [-0.15, -0.1) is 0 Å². The normalized spacial score (nSPS) is 11.6. The molecule has 0 aliphatic rings. The molecular formula is C28H34N4O2. The van der Waals surface area contributed by atoms with Crippen LogP contribution in [-0.2, 0) is 9.59 Å². The third kappa shape index (κ3) is 13.6. The van der Waals surface area contributed by atoms with E-state index in [1.54, 1.807) is 24.6 Å². The first-order chi connectivity index (χ1) is 16.7. The van der Waals surface area contributed by atoms with E-state index >= 15 is 0 Å². The summed E-state index contributed by atoms with van der Waals surface area (Å²) < 4.78 is 0. The summed E-state index contributed by atoms with van der Waals surface area (Å²) in [6, 6.07) is 19.8. The maximum Gasteiger partial charge on any atom is 0.240 e. The molecule has 2 rings (SSSR count). The first kappa shape index (κ1) is 26.5. The number of hydrazone groups is 2. The topological polar surface area (TPSA) is 82.9 Å². The van der Waals surface area contributed by atoms with Crippen molar-refractivity contribution in [1.29, 1.82) is 0 Å². The summed E-state index contributed by atoms with van der Waals surface area (Å²) >= 11 is 0. The molecule has 0 spiro atoms. The number of nitrogens with one attached hydrogen (secondary N) is 2. The average Bonchev–Trinajstić information content (AvgIpc) is 2.86. The van der Waals surface area contributed by atoms with Gasteiger partial charge in [0.05, 0.1) is 0 Å². The van der Waals surface area contributed by atoms with E-state index in [1.807, 2.05) is 72.8 Å². The zero-order chi connectivity index (χ0) is 24.1. The number of nitrogens with zero attached hydrogens (tertiary/aromatic N) is 2. The highest BCUT2D eigenvalue weighted by molar-refractivity contribution is 5.82. The molecule has 34 heavy (non-hydrogen) atoms. The monoisotopic (exact) mass is 458 g/mol. The molecule has 2 aromatic carbocycles. The van der Waals surface area contributed by atoms with Gasteiger partial charge in [0.2, 0.25) is 11.8 Å². The minimum atomic E-state index is -0.0693. The number of carbonyl (C=O) groups excluding carboxylic acids is 2. The molecule has 0 fully saturated rings. The third-order valence-corrected chi connectivity index (χ3v) is 4.93. The fraction of sp³-hybridized carbons (Fsp3) is 0.286. The van der Waals surface area contributed by atoms with Crippen LogP contribution in [0, 0.1) is 0 Å². The van der Waals surface area contributed by atoms with Gasteiger partial charge in [0, 0.05) is 25.3 Å². The Hall–Kier alpha value is -3.80. The molecule has 0 unspecified atom stereocenters. The van der Waals surface area contributed by atoms with E-state index in [0.717, 1.165) is 49.7 Å². The Labute approximate surface area is 202 Å². The van der Waals surface area contributed by atoms with Crippen LogP contribution < -0.4 is 10.9 Å². The number of carbonyl (C=O) groups is 2. The van der Waals surface area contributed by atoms with Gasteiger partial charge in [0.1, 0.15) is 0 Å². The average molecular weight is 459 g/mol. The Balaban J connectivity index is 1.40. The van der Waals surface area contributed by atoms with Crippen LogP contribution >= 0.6 is 0 Å². The van der Waals surface area contributed by atoms with Gasteiger partial charge in [0.15, 0.2) is 0 Å². The van der Waals surface area contributed by atoms with E-state index in [2.05, 4.69) is 21.1 Å². The van der Waals surface area contributed by atoms with Gasteiger partial charge in [-0.3, -0.25) is 9.59 Å². The molecule has 0 aliphatic heterocycles.